The highest BCUT2D eigenvalue weighted by molar-refractivity contribution is 5.95. The van der Waals surface area contributed by atoms with Gasteiger partial charge in [0.25, 0.3) is 5.91 Å². The molecule has 0 atom stereocenters. The zero-order valence-electron chi connectivity index (χ0n) is 17.7. The van der Waals surface area contributed by atoms with Crippen LogP contribution >= 0.6 is 0 Å². The third-order valence-corrected chi connectivity index (χ3v) is 5.54. The van der Waals surface area contributed by atoms with Crippen LogP contribution in [-0.2, 0) is 19.1 Å². The summed E-state index contributed by atoms with van der Waals surface area (Å²) in [6, 6.07) is 5.97. The van der Waals surface area contributed by atoms with Gasteiger partial charge in [-0.1, -0.05) is 0 Å². The predicted octanol–water partition coefficient (Wildman–Crippen LogP) is 3.81. The number of carbonyl (C=O) groups is 1. The number of aromatic nitrogens is 3. The van der Waals surface area contributed by atoms with E-state index in [1.807, 2.05) is 12.1 Å². The summed E-state index contributed by atoms with van der Waals surface area (Å²) in [5.74, 6) is 1.24. The summed E-state index contributed by atoms with van der Waals surface area (Å²) in [7, 11) is 3.14. The lowest BCUT2D eigenvalue weighted by molar-refractivity contribution is -0.137. The molecular weight excluding hydrogens is 425 g/mol. The summed E-state index contributed by atoms with van der Waals surface area (Å²) < 4.78 is 50.4. The topological polar surface area (TPSA) is 69.5 Å². The van der Waals surface area contributed by atoms with E-state index in [9.17, 15) is 18.0 Å². The van der Waals surface area contributed by atoms with Gasteiger partial charge < -0.3 is 14.4 Å². The van der Waals surface area contributed by atoms with Gasteiger partial charge in [0, 0.05) is 19.3 Å². The standard InChI is InChI=1S/C22H21F3N4O3/c1-13-17(11-27-29(13)20-5-4-16(10-26-20)22(23,24)25)21(30)28-7-6-14-8-18(31-2)19(32-3)9-15(14)12-28/h4-5,8-11H,6-7,12H2,1-3H3. The first-order chi connectivity index (χ1) is 15.2. The van der Waals surface area contributed by atoms with E-state index in [4.69, 9.17) is 9.47 Å². The molecule has 0 aliphatic carbocycles. The van der Waals surface area contributed by atoms with Crippen LogP contribution in [-0.4, -0.2) is 46.3 Å². The molecule has 0 saturated carbocycles. The number of alkyl halides is 3. The van der Waals surface area contributed by atoms with Crippen LogP contribution in [0, 0.1) is 6.92 Å². The van der Waals surface area contributed by atoms with Crippen molar-refractivity contribution in [3.05, 3.63) is 64.6 Å². The minimum Gasteiger partial charge on any atom is -0.493 e. The first-order valence-electron chi connectivity index (χ1n) is 9.84. The molecule has 3 aromatic rings. The number of hydrogen-bond acceptors (Lipinski definition) is 5. The van der Waals surface area contributed by atoms with Gasteiger partial charge in [-0.3, -0.25) is 4.79 Å². The molecule has 0 radical (unpaired) electrons. The fraction of sp³-hybridized carbons (Fsp3) is 0.318. The zero-order valence-corrected chi connectivity index (χ0v) is 17.7. The Hall–Kier alpha value is -3.56. The van der Waals surface area contributed by atoms with Crippen LogP contribution in [0.3, 0.4) is 0 Å². The van der Waals surface area contributed by atoms with E-state index in [-0.39, 0.29) is 11.7 Å². The second-order valence-corrected chi connectivity index (χ2v) is 7.41. The Balaban J connectivity index is 1.57. The number of benzene rings is 1. The molecule has 0 fully saturated rings. The molecule has 0 unspecified atom stereocenters. The molecule has 1 aliphatic heterocycles. The van der Waals surface area contributed by atoms with Gasteiger partial charge in [-0.05, 0) is 48.7 Å². The van der Waals surface area contributed by atoms with Crippen molar-refractivity contribution in [2.45, 2.75) is 26.1 Å². The average Bonchev–Trinajstić information content (AvgIpc) is 3.17. The fourth-order valence-corrected chi connectivity index (χ4v) is 3.76. The van der Waals surface area contributed by atoms with Crippen LogP contribution in [0.15, 0.2) is 36.7 Å². The van der Waals surface area contributed by atoms with Gasteiger partial charge in [0.15, 0.2) is 17.3 Å². The minimum atomic E-state index is -4.47. The molecule has 10 heteroatoms. The molecular formula is C22H21F3N4O3. The lowest BCUT2D eigenvalue weighted by Gasteiger charge is -2.29. The number of fused-ring (bicyclic) bond motifs is 1. The molecule has 4 rings (SSSR count). The summed E-state index contributed by atoms with van der Waals surface area (Å²) in [4.78, 5) is 18.8. The van der Waals surface area contributed by atoms with Crippen LogP contribution in [0.5, 0.6) is 11.5 Å². The van der Waals surface area contributed by atoms with Crippen LogP contribution < -0.4 is 9.47 Å². The van der Waals surface area contributed by atoms with Crippen molar-refractivity contribution in [1.82, 2.24) is 19.7 Å². The Morgan fingerprint density at radius 3 is 2.34 bits per heavy atom. The van der Waals surface area contributed by atoms with Gasteiger partial charge in [-0.25, -0.2) is 9.67 Å². The quantitative estimate of drug-likeness (QED) is 0.610. The first-order valence-corrected chi connectivity index (χ1v) is 9.84. The van der Waals surface area contributed by atoms with Gasteiger partial charge in [-0.15, -0.1) is 0 Å². The highest BCUT2D eigenvalue weighted by Crippen LogP contribution is 2.34. The van der Waals surface area contributed by atoms with E-state index in [0.717, 1.165) is 23.4 Å². The molecule has 1 aliphatic rings. The summed E-state index contributed by atoms with van der Waals surface area (Å²) in [6.45, 7) is 2.60. The zero-order chi connectivity index (χ0) is 23.0. The summed E-state index contributed by atoms with van der Waals surface area (Å²) in [5.41, 5.74) is 2.09. The molecule has 3 heterocycles. The number of methoxy groups -OCH3 is 2. The van der Waals surface area contributed by atoms with Gasteiger partial charge in [0.2, 0.25) is 0 Å². The van der Waals surface area contributed by atoms with Crippen LogP contribution in [0.1, 0.15) is 32.7 Å². The van der Waals surface area contributed by atoms with Crippen molar-refractivity contribution in [3.8, 4) is 17.3 Å². The Morgan fingerprint density at radius 1 is 1.06 bits per heavy atom. The van der Waals surface area contributed by atoms with Crippen molar-refractivity contribution < 1.29 is 27.4 Å². The van der Waals surface area contributed by atoms with Gasteiger partial charge >= 0.3 is 6.18 Å². The molecule has 7 nitrogen and oxygen atoms in total. The van der Waals surface area contributed by atoms with Crippen molar-refractivity contribution in [2.75, 3.05) is 20.8 Å². The smallest absolute Gasteiger partial charge is 0.417 e. The number of rotatable bonds is 4. The second-order valence-electron chi connectivity index (χ2n) is 7.41. The van der Waals surface area contributed by atoms with E-state index in [1.54, 1.807) is 26.0 Å². The predicted molar refractivity (Wildman–Crippen MR) is 109 cm³/mol. The highest BCUT2D eigenvalue weighted by Gasteiger charge is 2.31. The van der Waals surface area contributed by atoms with Gasteiger partial charge in [0.1, 0.15) is 0 Å². The second kappa shape index (κ2) is 8.18. The van der Waals surface area contributed by atoms with E-state index >= 15 is 0 Å². The Bertz CT molecular complexity index is 1160. The molecule has 0 bridgehead atoms. The van der Waals surface area contributed by atoms with Crippen molar-refractivity contribution in [1.29, 1.82) is 0 Å². The minimum absolute atomic E-state index is 0.204. The van der Waals surface area contributed by atoms with Gasteiger partial charge in [0.05, 0.1) is 37.2 Å². The van der Waals surface area contributed by atoms with E-state index in [1.165, 1.54) is 16.9 Å². The molecule has 1 aromatic carbocycles. The lowest BCUT2D eigenvalue weighted by atomic mass is 9.98. The number of hydrogen-bond donors (Lipinski definition) is 0. The maximum Gasteiger partial charge on any atom is 0.417 e. The highest BCUT2D eigenvalue weighted by atomic mass is 19.4. The summed E-state index contributed by atoms with van der Waals surface area (Å²) in [5, 5.41) is 4.18. The first kappa shape index (κ1) is 21.7. The molecule has 1 amide bonds. The van der Waals surface area contributed by atoms with Crippen molar-refractivity contribution in [2.24, 2.45) is 0 Å². The van der Waals surface area contributed by atoms with E-state index in [2.05, 4.69) is 10.1 Å². The molecule has 0 saturated heterocycles. The molecule has 0 spiro atoms. The van der Waals surface area contributed by atoms with Crippen molar-refractivity contribution in [3.63, 3.8) is 0 Å². The van der Waals surface area contributed by atoms with E-state index < -0.39 is 11.7 Å². The third kappa shape index (κ3) is 3.88. The average molecular weight is 446 g/mol. The normalized spacial score (nSPS) is 13.6. The molecule has 0 N–H and O–H groups in total. The van der Waals surface area contributed by atoms with Crippen LogP contribution in [0.2, 0.25) is 0 Å². The molecule has 2 aromatic heterocycles. The largest absolute Gasteiger partial charge is 0.493 e. The summed E-state index contributed by atoms with van der Waals surface area (Å²) >= 11 is 0. The maximum atomic E-state index is 13.2. The molecule has 168 valence electrons. The Morgan fingerprint density at radius 2 is 1.75 bits per heavy atom. The number of halogens is 3. The lowest BCUT2D eigenvalue weighted by Crippen LogP contribution is -2.36. The SMILES string of the molecule is COc1cc2c(cc1OC)CN(C(=O)c1cnn(-c3ccc(C(F)(F)F)cn3)c1C)CC2. The molecule has 32 heavy (non-hydrogen) atoms. The Labute approximate surface area is 182 Å². The number of carbonyl (C=O) groups excluding carboxylic acids is 1. The summed E-state index contributed by atoms with van der Waals surface area (Å²) in [6.07, 6.45) is -1.64. The number of amides is 1. The third-order valence-electron chi connectivity index (χ3n) is 5.54. The van der Waals surface area contributed by atoms with Crippen molar-refractivity contribution >= 4 is 5.91 Å². The van der Waals surface area contributed by atoms with Gasteiger partial charge in [-0.2, -0.15) is 18.3 Å². The Kier molecular flexibility index (Phi) is 5.53. The monoisotopic (exact) mass is 446 g/mol. The van der Waals surface area contributed by atoms with E-state index in [0.29, 0.717) is 42.3 Å². The van der Waals surface area contributed by atoms with Crippen LogP contribution in [0.4, 0.5) is 13.2 Å². The number of pyridine rings is 1. The number of ether oxygens (including phenoxy) is 2. The number of nitrogens with zero attached hydrogens (tertiary/aromatic N) is 4. The fourth-order valence-electron chi connectivity index (χ4n) is 3.76. The maximum absolute atomic E-state index is 13.2. The van der Waals surface area contributed by atoms with Crippen LogP contribution in [0.25, 0.3) is 5.82 Å².